The minimum absolute atomic E-state index is 0.0665. The third kappa shape index (κ3) is 1.75. The first-order valence-electron chi connectivity index (χ1n) is 5.81. The topological polar surface area (TPSA) is 84.4 Å². The first kappa shape index (κ1) is 10.9. The van der Waals surface area contributed by atoms with Crippen LogP contribution in [-0.4, -0.2) is 35.4 Å². The molecule has 18 heavy (non-hydrogen) atoms. The van der Waals surface area contributed by atoms with E-state index in [9.17, 15) is 4.79 Å². The highest BCUT2D eigenvalue weighted by atomic mass is 16.4. The number of nitrogens with one attached hydrogen (secondary N) is 1. The monoisotopic (exact) mass is 246 g/mol. The summed E-state index contributed by atoms with van der Waals surface area (Å²) in [6.45, 7) is 0.754. The largest absolute Gasteiger partial charge is 0.424 e. The van der Waals surface area contributed by atoms with E-state index in [1.54, 1.807) is 30.1 Å². The van der Waals surface area contributed by atoms with Crippen molar-refractivity contribution in [1.82, 2.24) is 9.88 Å². The summed E-state index contributed by atoms with van der Waals surface area (Å²) < 4.78 is 5.52. The minimum Gasteiger partial charge on any atom is -0.424 e. The van der Waals surface area contributed by atoms with Crippen molar-refractivity contribution in [3.05, 3.63) is 18.2 Å². The lowest BCUT2D eigenvalue weighted by molar-refractivity contribution is -0.127. The Hall–Kier alpha value is -2.24. The van der Waals surface area contributed by atoms with Crippen LogP contribution in [0.1, 0.15) is 6.42 Å². The number of carbonyl (C=O) groups excluding carboxylic acids is 1. The maximum absolute atomic E-state index is 11.8. The van der Waals surface area contributed by atoms with Crippen LogP contribution in [0.2, 0.25) is 0 Å². The fourth-order valence-electron chi connectivity index (χ4n) is 2.11. The van der Waals surface area contributed by atoms with E-state index in [1.165, 1.54) is 0 Å². The van der Waals surface area contributed by atoms with Crippen LogP contribution in [0.25, 0.3) is 11.1 Å². The van der Waals surface area contributed by atoms with Crippen LogP contribution in [0, 0.1) is 0 Å². The molecule has 1 aromatic carbocycles. The Morgan fingerprint density at radius 2 is 2.39 bits per heavy atom. The summed E-state index contributed by atoms with van der Waals surface area (Å²) in [6, 6.07) is 5.38. The normalized spacial score (nSPS) is 19.7. The van der Waals surface area contributed by atoms with Crippen LogP contribution in [0.4, 0.5) is 11.7 Å². The van der Waals surface area contributed by atoms with Gasteiger partial charge in [-0.1, -0.05) is 0 Å². The van der Waals surface area contributed by atoms with E-state index in [0.29, 0.717) is 22.8 Å². The van der Waals surface area contributed by atoms with Gasteiger partial charge in [-0.25, -0.2) is 0 Å². The second-order valence-corrected chi connectivity index (χ2v) is 4.49. The van der Waals surface area contributed by atoms with Crippen LogP contribution in [0.3, 0.4) is 0 Å². The average molecular weight is 246 g/mol. The Morgan fingerprint density at radius 3 is 3.11 bits per heavy atom. The molecule has 0 spiro atoms. The molecule has 94 valence electrons. The van der Waals surface area contributed by atoms with Crippen molar-refractivity contribution >= 4 is 28.7 Å². The average Bonchev–Trinajstić information content (AvgIpc) is 2.86. The summed E-state index contributed by atoms with van der Waals surface area (Å²) in [5.74, 6) is 0.0665. The van der Waals surface area contributed by atoms with Gasteiger partial charge in [-0.05, 0) is 24.6 Å². The molecule has 1 aromatic heterocycles. The Morgan fingerprint density at radius 1 is 1.56 bits per heavy atom. The summed E-state index contributed by atoms with van der Waals surface area (Å²) >= 11 is 0. The summed E-state index contributed by atoms with van der Waals surface area (Å²) in [4.78, 5) is 17.7. The zero-order valence-electron chi connectivity index (χ0n) is 10.0. The van der Waals surface area contributed by atoms with Gasteiger partial charge in [-0.3, -0.25) is 4.79 Å². The van der Waals surface area contributed by atoms with E-state index in [2.05, 4.69) is 10.3 Å². The highest BCUT2D eigenvalue weighted by Gasteiger charge is 2.29. The van der Waals surface area contributed by atoms with Gasteiger partial charge >= 0.3 is 0 Å². The van der Waals surface area contributed by atoms with E-state index in [1.807, 2.05) is 0 Å². The van der Waals surface area contributed by atoms with Crippen molar-refractivity contribution < 1.29 is 9.21 Å². The number of hydrogen-bond acceptors (Lipinski definition) is 5. The molecule has 2 aromatic rings. The molecule has 0 aliphatic carbocycles. The fraction of sp³-hybridized carbons (Fsp3) is 0.333. The van der Waals surface area contributed by atoms with Gasteiger partial charge in [0.2, 0.25) is 5.91 Å². The van der Waals surface area contributed by atoms with Gasteiger partial charge in [-0.15, -0.1) is 0 Å². The van der Waals surface area contributed by atoms with Crippen LogP contribution in [-0.2, 0) is 4.79 Å². The van der Waals surface area contributed by atoms with Crippen molar-refractivity contribution in [3.8, 4) is 0 Å². The van der Waals surface area contributed by atoms with Gasteiger partial charge in [0.1, 0.15) is 11.6 Å². The number of rotatable bonds is 2. The van der Waals surface area contributed by atoms with E-state index in [-0.39, 0.29) is 11.9 Å². The molecular weight excluding hydrogens is 232 g/mol. The van der Waals surface area contributed by atoms with Crippen LogP contribution < -0.4 is 11.1 Å². The molecule has 0 bridgehead atoms. The number of fused-ring (bicyclic) bond motifs is 1. The lowest BCUT2D eigenvalue weighted by atomic mass is 10.2. The molecule has 2 heterocycles. The number of anilines is 2. The zero-order chi connectivity index (χ0) is 12.7. The zero-order valence-corrected chi connectivity index (χ0v) is 10.0. The lowest BCUT2D eigenvalue weighted by Crippen LogP contribution is -2.30. The number of benzene rings is 1. The molecular formula is C12H14N4O2. The van der Waals surface area contributed by atoms with Crippen molar-refractivity contribution in [2.24, 2.45) is 0 Å². The van der Waals surface area contributed by atoms with Crippen molar-refractivity contribution in [2.45, 2.75) is 12.5 Å². The van der Waals surface area contributed by atoms with E-state index < -0.39 is 0 Å². The molecule has 0 radical (unpaired) electrons. The first-order valence-corrected chi connectivity index (χ1v) is 5.81. The number of likely N-dealkylation sites (N-methyl/N-ethyl adjacent to an activating group) is 1. The maximum atomic E-state index is 11.8. The van der Waals surface area contributed by atoms with Crippen LogP contribution >= 0.6 is 0 Å². The first-order chi connectivity index (χ1) is 8.63. The Kier molecular flexibility index (Phi) is 2.36. The van der Waals surface area contributed by atoms with Gasteiger partial charge in [0, 0.05) is 19.3 Å². The van der Waals surface area contributed by atoms with Crippen LogP contribution in [0.5, 0.6) is 0 Å². The predicted molar refractivity (Wildman–Crippen MR) is 68.1 cm³/mol. The number of oxazole rings is 1. The predicted octanol–water partition coefficient (Wildman–Crippen LogP) is 1.05. The van der Waals surface area contributed by atoms with Crippen molar-refractivity contribution in [3.63, 3.8) is 0 Å². The fourth-order valence-corrected chi connectivity index (χ4v) is 2.11. The smallest absolute Gasteiger partial charge is 0.296 e. The van der Waals surface area contributed by atoms with Gasteiger partial charge in [0.15, 0.2) is 5.58 Å². The number of likely N-dealkylation sites (tertiary alicyclic amines) is 1. The third-order valence-electron chi connectivity index (χ3n) is 3.14. The van der Waals surface area contributed by atoms with Crippen molar-refractivity contribution in [2.75, 3.05) is 24.6 Å². The van der Waals surface area contributed by atoms with E-state index in [0.717, 1.165) is 13.0 Å². The van der Waals surface area contributed by atoms with Crippen molar-refractivity contribution in [1.29, 1.82) is 0 Å². The molecule has 0 saturated carbocycles. The second-order valence-electron chi connectivity index (χ2n) is 4.49. The number of carbonyl (C=O) groups is 1. The van der Waals surface area contributed by atoms with Crippen LogP contribution in [0.15, 0.2) is 22.6 Å². The molecule has 3 N–H and O–H groups in total. The second kappa shape index (κ2) is 3.90. The van der Waals surface area contributed by atoms with Gasteiger partial charge in [-0.2, -0.15) is 4.98 Å². The number of nitrogens with two attached hydrogens (primary N) is 1. The summed E-state index contributed by atoms with van der Waals surface area (Å²) in [6.07, 6.45) is 0.760. The third-order valence-corrected chi connectivity index (χ3v) is 3.14. The summed E-state index contributed by atoms with van der Waals surface area (Å²) in [5, 5.41) is 3.02. The molecule has 1 amide bonds. The molecule has 6 heteroatoms. The quantitative estimate of drug-likeness (QED) is 0.774. The molecule has 1 aliphatic heterocycles. The number of nitrogens with zero attached hydrogens (tertiary/aromatic N) is 2. The summed E-state index contributed by atoms with van der Waals surface area (Å²) in [7, 11) is 1.79. The molecule has 1 saturated heterocycles. The Bertz CT molecular complexity index is 607. The SMILES string of the molecule is CN1CCC(Nc2nc3cc(N)ccc3o2)C1=O. The van der Waals surface area contributed by atoms with Gasteiger partial charge in [0.05, 0.1) is 0 Å². The summed E-state index contributed by atoms with van der Waals surface area (Å²) in [5.41, 5.74) is 7.66. The minimum atomic E-state index is -0.250. The molecule has 1 aliphatic rings. The standard InChI is InChI=1S/C12H14N4O2/c1-16-5-4-8(11(16)17)14-12-15-9-6-7(13)2-3-10(9)18-12/h2-3,6,8H,4-5,13H2,1H3,(H,14,15). The highest BCUT2D eigenvalue weighted by Crippen LogP contribution is 2.23. The van der Waals surface area contributed by atoms with Gasteiger partial charge < -0.3 is 20.4 Å². The number of amides is 1. The molecule has 3 rings (SSSR count). The number of aromatic nitrogens is 1. The molecule has 6 nitrogen and oxygen atoms in total. The molecule has 1 fully saturated rings. The highest BCUT2D eigenvalue weighted by molar-refractivity contribution is 5.86. The number of nitrogen functional groups attached to an aromatic ring is 1. The van der Waals surface area contributed by atoms with Gasteiger partial charge in [0.25, 0.3) is 6.01 Å². The molecule has 1 atom stereocenters. The number of hydrogen-bond donors (Lipinski definition) is 2. The Labute approximate surface area is 104 Å². The van der Waals surface area contributed by atoms with E-state index in [4.69, 9.17) is 10.2 Å². The Balaban J connectivity index is 1.85. The van der Waals surface area contributed by atoms with E-state index >= 15 is 0 Å². The molecule has 1 unspecified atom stereocenters. The lowest BCUT2D eigenvalue weighted by Gasteiger charge is -2.09. The maximum Gasteiger partial charge on any atom is 0.296 e.